The highest BCUT2D eigenvalue weighted by Crippen LogP contribution is 2.12. The van der Waals surface area contributed by atoms with Crippen LogP contribution in [0.4, 0.5) is 0 Å². The molecule has 2 rings (SSSR count). The number of aromatic amines is 1. The summed E-state index contributed by atoms with van der Waals surface area (Å²) in [6.45, 7) is 3.97. The molecule has 0 amide bonds. The average molecular weight is 254 g/mol. The molecule has 0 aliphatic heterocycles. The average Bonchev–Trinajstić information content (AvgIpc) is 2.85. The minimum atomic E-state index is -3.42. The maximum absolute atomic E-state index is 11.9. The van der Waals surface area contributed by atoms with E-state index in [1.54, 1.807) is 16.9 Å². The molecule has 7 heteroatoms. The van der Waals surface area contributed by atoms with Crippen molar-refractivity contribution in [3.63, 3.8) is 0 Å². The highest BCUT2D eigenvalue weighted by atomic mass is 32.2. The summed E-state index contributed by atoms with van der Waals surface area (Å²) in [4.78, 5) is 6.34. The Balaban J connectivity index is 2.21. The van der Waals surface area contributed by atoms with E-state index in [1.165, 1.54) is 12.4 Å². The molecule has 1 N–H and O–H groups in total. The summed E-state index contributed by atoms with van der Waals surface area (Å²) < 4.78 is 25.5. The van der Waals surface area contributed by atoms with Crippen LogP contribution in [0.15, 0.2) is 29.8 Å². The SMILES string of the molecule is CC(C)n1ccc(CS(=O)(=O)c2ncc[nH]2)n1. The topological polar surface area (TPSA) is 80.6 Å². The van der Waals surface area contributed by atoms with Crippen molar-refractivity contribution in [1.82, 2.24) is 19.7 Å². The van der Waals surface area contributed by atoms with Crippen molar-refractivity contribution in [2.24, 2.45) is 0 Å². The zero-order valence-electron chi connectivity index (χ0n) is 9.66. The number of aromatic nitrogens is 4. The smallest absolute Gasteiger partial charge is 0.225 e. The van der Waals surface area contributed by atoms with Gasteiger partial charge >= 0.3 is 0 Å². The van der Waals surface area contributed by atoms with Crippen LogP contribution in [0.25, 0.3) is 0 Å². The molecule has 0 fully saturated rings. The van der Waals surface area contributed by atoms with Crippen molar-refractivity contribution in [3.05, 3.63) is 30.4 Å². The number of imidazole rings is 1. The molecule has 2 heterocycles. The number of rotatable bonds is 4. The van der Waals surface area contributed by atoms with E-state index in [9.17, 15) is 8.42 Å². The molecular formula is C10H14N4O2S. The first-order valence-electron chi connectivity index (χ1n) is 5.25. The lowest BCUT2D eigenvalue weighted by atomic mass is 10.4. The Hall–Kier alpha value is -1.63. The molecule has 2 aromatic rings. The quantitative estimate of drug-likeness (QED) is 0.887. The number of sulfone groups is 1. The number of nitrogens with zero attached hydrogens (tertiary/aromatic N) is 3. The number of H-pyrrole nitrogens is 1. The standard InChI is InChI=1S/C10H14N4O2S/c1-8(2)14-6-3-9(13-14)7-17(15,16)10-11-4-5-12-10/h3-6,8H,7H2,1-2H3,(H,11,12). The van der Waals surface area contributed by atoms with E-state index >= 15 is 0 Å². The summed E-state index contributed by atoms with van der Waals surface area (Å²) >= 11 is 0. The van der Waals surface area contributed by atoms with Crippen molar-refractivity contribution < 1.29 is 8.42 Å². The van der Waals surface area contributed by atoms with Gasteiger partial charge in [0.05, 0.1) is 5.69 Å². The highest BCUT2D eigenvalue weighted by Gasteiger charge is 2.19. The van der Waals surface area contributed by atoms with Crippen molar-refractivity contribution in [1.29, 1.82) is 0 Å². The molecule has 0 aliphatic carbocycles. The van der Waals surface area contributed by atoms with Gasteiger partial charge in [-0.15, -0.1) is 0 Å². The molecule has 2 aromatic heterocycles. The van der Waals surface area contributed by atoms with Gasteiger partial charge in [-0.25, -0.2) is 13.4 Å². The molecule has 0 bridgehead atoms. The fourth-order valence-corrected chi connectivity index (χ4v) is 2.57. The van der Waals surface area contributed by atoms with Gasteiger partial charge in [-0.1, -0.05) is 0 Å². The van der Waals surface area contributed by atoms with Crippen LogP contribution in [0.5, 0.6) is 0 Å². The Bertz CT molecular complexity index is 584. The molecule has 0 saturated heterocycles. The summed E-state index contributed by atoms with van der Waals surface area (Å²) in [7, 11) is -3.42. The van der Waals surface area contributed by atoms with Gasteiger partial charge in [0.2, 0.25) is 15.0 Å². The van der Waals surface area contributed by atoms with E-state index in [-0.39, 0.29) is 17.0 Å². The molecule has 0 atom stereocenters. The second kappa shape index (κ2) is 4.33. The Labute approximate surface area is 99.6 Å². The van der Waals surface area contributed by atoms with Gasteiger partial charge in [0.25, 0.3) is 0 Å². The van der Waals surface area contributed by atoms with Gasteiger partial charge in [0, 0.05) is 24.6 Å². The van der Waals surface area contributed by atoms with E-state index in [2.05, 4.69) is 15.1 Å². The van der Waals surface area contributed by atoms with E-state index in [0.717, 1.165) is 0 Å². The summed E-state index contributed by atoms with van der Waals surface area (Å²) in [6, 6.07) is 1.93. The zero-order chi connectivity index (χ0) is 12.5. The Morgan fingerprint density at radius 2 is 2.24 bits per heavy atom. The van der Waals surface area contributed by atoms with Crippen LogP contribution in [0.2, 0.25) is 0 Å². The van der Waals surface area contributed by atoms with Gasteiger partial charge in [0.15, 0.2) is 0 Å². The Morgan fingerprint density at radius 1 is 1.47 bits per heavy atom. The third-order valence-corrected chi connectivity index (χ3v) is 3.79. The van der Waals surface area contributed by atoms with Gasteiger partial charge in [-0.2, -0.15) is 5.10 Å². The second-order valence-corrected chi connectivity index (χ2v) is 5.94. The summed E-state index contributed by atoms with van der Waals surface area (Å²) in [5.74, 6) is -0.139. The normalized spacial score (nSPS) is 12.2. The predicted octanol–water partition coefficient (Wildman–Crippen LogP) is 1.16. The summed E-state index contributed by atoms with van der Waals surface area (Å²) in [5, 5.41) is 4.18. The first-order chi connectivity index (χ1) is 7.99. The molecule has 0 saturated carbocycles. The number of nitrogens with one attached hydrogen (secondary N) is 1. The monoisotopic (exact) mass is 254 g/mol. The highest BCUT2D eigenvalue weighted by molar-refractivity contribution is 7.90. The second-order valence-electron chi connectivity index (χ2n) is 4.03. The summed E-state index contributed by atoms with van der Waals surface area (Å²) in [5.41, 5.74) is 0.523. The molecule has 17 heavy (non-hydrogen) atoms. The van der Waals surface area contributed by atoms with Crippen LogP contribution < -0.4 is 0 Å². The summed E-state index contributed by atoms with van der Waals surface area (Å²) in [6.07, 6.45) is 4.68. The lowest BCUT2D eigenvalue weighted by molar-refractivity contribution is 0.527. The van der Waals surface area contributed by atoms with Gasteiger partial charge in [0.1, 0.15) is 5.75 Å². The Kier molecular flexibility index (Phi) is 3.01. The van der Waals surface area contributed by atoms with Crippen molar-refractivity contribution in [2.75, 3.05) is 0 Å². The third kappa shape index (κ3) is 2.55. The number of hydrogen-bond acceptors (Lipinski definition) is 4. The fourth-order valence-electron chi connectivity index (χ4n) is 1.43. The zero-order valence-corrected chi connectivity index (χ0v) is 10.5. The molecule has 0 spiro atoms. The van der Waals surface area contributed by atoms with E-state index < -0.39 is 9.84 Å². The minimum absolute atomic E-state index is 0.0170. The molecule has 0 aromatic carbocycles. The lowest BCUT2D eigenvalue weighted by Gasteiger charge is -2.03. The van der Waals surface area contributed by atoms with Crippen molar-refractivity contribution in [3.8, 4) is 0 Å². The molecule has 6 nitrogen and oxygen atoms in total. The van der Waals surface area contributed by atoms with E-state index in [1.807, 2.05) is 13.8 Å². The molecular weight excluding hydrogens is 240 g/mol. The largest absolute Gasteiger partial charge is 0.336 e. The van der Waals surface area contributed by atoms with Crippen LogP contribution >= 0.6 is 0 Å². The first kappa shape index (κ1) is 11.8. The van der Waals surface area contributed by atoms with E-state index in [0.29, 0.717) is 5.69 Å². The van der Waals surface area contributed by atoms with Gasteiger partial charge < -0.3 is 4.98 Å². The molecule has 0 radical (unpaired) electrons. The van der Waals surface area contributed by atoms with Crippen LogP contribution in [-0.2, 0) is 15.6 Å². The molecule has 0 unspecified atom stereocenters. The minimum Gasteiger partial charge on any atom is -0.336 e. The first-order valence-corrected chi connectivity index (χ1v) is 6.90. The molecule has 0 aliphatic rings. The van der Waals surface area contributed by atoms with Crippen LogP contribution in [0.1, 0.15) is 25.6 Å². The lowest BCUT2D eigenvalue weighted by Crippen LogP contribution is -2.08. The van der Waals surface area contributed by atoms with Crippen molar-refractivity contribution >= 4 is 9.84 Å². The van der Waals surface area contributed by atoms with Crippen molar-refractivity contribution in [2.45, 2.75) is 30.8 Å². The van der Waals surface area contributed by atoms with Crippen LogP contribution in [0.3, 0.4) is 0 Å². The predicted molar refractivity (Wildman–Crippen MR) is 62.1 cm³/mol. The third-order valence-electron chi connectivity index (χ3n) is 2.30. The fraction of sp³-hybridized carbons (Fsp3) is 0.400. The maximum atomic E-state index is 11.9. The van der Waals surface area contributed by atoms with E-state index in [4.69, 9.17) is 0 Å². The number of hydrogen-bond donors (Lipinski definition) is 1. The van der Waals surface area contributed by atoms with Gasteiger partial charge in [-0.3, -0.25) is 4.68 Å². The maximum Gasteiger partial charge on any atom is 0.225 e. The Morgan fingerprint density at radius 3 is 2.76 bits per heavy atom. The van der Waals surface area contributed by atoms with Crippen LogP contribution in [-0.4, -0.2) is 28.2 Å². The van der Waals surface area contributed by atoms with Gasteiger partial charge in [-0.05, 0) is 19.9 Å². The van der Waals surface area contributed by atoms with Crippen LogP contribution in [0, 0.1) is 0 Å². The molecule has 92 valence electrons.